The molecule has 0 radical (unpaired) electrons. The fourth-order valence-corrected chi connectivity index (χ4v) is 3.52. The molecule has 2 heterocycles. The molecule has 0 amide bonds. The zero-order chi connectivity index (χ0) is 13.1. The van der Waals surface area contributed by atoms with Crippen LogP contribution in [-0.4, -0.2) is 11.5 Å². The van der Waals surface area contributed by atoms with Gasteiger partial charge < -0.3 is 11.1 Å². The van der Waals surface area contributed by atoms with E-state index in [1.54, 1.807) is 17.5 Å². The highest BCUT2D eigenvalue weighted by molar-refractivity contribution is 9.10. The standard InChI is InChI=1S/C13H16BrN3S/c1-3-16-12(10-6-9(14)7-18-10)11-8(2)4-5-17-13(11)15/h4-7,12,16H,3H2,1-2H3,(H2,15,17). The van der Waals surface area contributed by atoms with Gasteiger partial charge in [0, 0.05) is 26.5 Å². The van der Waals surface area contributed by atoms with Gasteiger partial charge in [-0.1, -0.05) is 6.92 Å². The molecular formula is C13H16BrN3S. The lowest BCUT2D eigenvalue weighted by molar-refractivity contribution is 0.636. The second-order valence-electron chi connectivity index (χ2n) is 4.08. The monoisotopic (exact) mass is 325 g/mol. The maximum atomic E-state index is 6.04. The number of hydrogen-bond acceptors (Lipinski definition) is 4. The van der Waals surface area contributed by atoms with Gasteiger partial charge in [-0.2, -0.15) is 0 Å². The van der Waals surface area contributed by atoms with Crippen molar-refractivity contribution in [3.05, 3.63) is 44.2 Å². The molecule has 0 fully saturated rings. The number of aromatic nitrogens is 1. The van der Waals surface area contributed by atoms with Crippen LogP contribution in [0.4, 0.5) is 5.82 Å². The number of anilines is 1. The molecule has 2 aromatic heterocycles. The summed E-state index contributed by atoms with van der Waals surface area (Å²) < 4.78 is 1.10. The smallest absolute Gasteiger partial charge is 0.128 e. The van der Waals surface area contributed by atoms with Gasteiger partial charge in [0.25, 0.3) is 0 Å². The van der Waals surface area contributed by atoms with Crippen LogP contribution in [0.15, 0.2) is 28.2 Å². The third-order valence-electron chi connectivity index (χ3n) is 2.81. The summed E-state index contributed by atoms with van der Waals surface area (Å²) in [5.74, 6) is 0.602. The van der Waals surface area contributed by atoms with Gasteiger partial charge in [-0.25, -0.2) is 4.98 Å². The van der Waals surface area contributed by atoms with E-state index < -0.39 is 0 Å². The Morgan fingerprint density at radius 3 is 2.89 bits per heavy atom. The Morgan fingerprint density at radius 1 is 1.56 bits per heavy atom. The van der Waals surface area contributed by atoms with Gasteiger partial charge in [0.2, 0.25) is 0 Å². The van der Waals surface area contributed by atoms with E-state index in [1.807, 2.05) is 6.07 Å². The molecule has 2 rings (SSSR count). The van der Waals surface area contributed by atoms with E-state index in [0.29, 0.717) is 5.82 Å². The first-order valence-electron chi connectivity index (χ1n) is 5.81. The molecule has 2 aromatic rings. The van der Waals surface area contributed by atoms with Gasteiger partial charge in [-0.3, -0.25) is 0 Å². The summed E-state index contributed by atoms with van der Waals surface area (Å²) in [6.07, 6.45) is 1.75. The molecule has 5 heteroatoms. The molecule has 18 heavy (non-hydrogen) atoms. The molecule has 1 unspecified atom stereocenters. The number of hydrogen-bond donors (Lipinski definition) is 2. The molecule has 0 bridgehead atoms. The molecule has 3 nitrogen and oxygen atoms in total. The van der Waals surface area contributed by atoms with E-state index >= 15 is 0 Å². The van der Waals surface area contributed by atoms with Crippen molar-refractivity contribution in [2.45, 2.75) is 19.9 Å². The van der Waals surface area contributed by atoms with Gasteiger partial charge >= 0.3 is 0 Å². The van der Waals surface area contributed by atoms with Crippen LogP contribution in [0.1, 0.15) is 29.0 Å². The molecule has 0 aromatic carbocycles. The highest BCUT2D eigenvalue weighted by atomic mass is 79.9. The Bertz CT molecular complexity index is 519. The van der Waals surface area contributed by atoms with Crippen LogP contribution in [0.5, 0.6) is 0 Å². The number of thiophene rings is 1. The zero-order valence-electron chi connectivity index (χ0n) is 10.4. The van der Waals surface area contributed by atoms with E-state index in [1.165, 1.54) is 4.88 Å². The molecule has 0 aliphatic rings. The summed E-state index contributed by atoms with van der Waals surface area (Å²) in [6, 6.07) is 4.24. The number of aryl methyl sites for hydroxylation is 1. The van der Waals surface area contributed by atoms with E-state index in [0.717, 1.165) is 22.1 Å². The van der Waals surface area contributed by atoms with Crippen LogP contribution in [0.25, 0.3) is 0 Å². The van der Waals surface area contributed by atoms with Gasteiger partial charge in [0.1, 0.15) is 5.82 Å². The minimum absolute atomic E-state index is 0.111. The van der Waals surface area contributed by atoms with Crippen LogP contribution in [0, 0.1) is 6.92 Å². The lowest BCUT2D eigenvalue weighted by atomic mass is 10.0. The molecule has 0 aliphatic carbocycles. The Kier molecular flexibility index (Phi) is 4.37. The molecule has 3 N–H and O–H groups in total. The summed E-state index contributed by atoms with van der Waals surface area (Å²) in [5, 5.41) is 5.56. The van der Waals surface area contributed by atoms with Crippen molar-refractivity contribution in [2.75, 3.05) is 12.3 Å². The summed E-state index contributed by atoms with van der Waals surface area (Å²) in [7, 11) is 0. The van der Waals surface area contributed by atoms with Crippen LogP contribution in [0.3, 0.4) is 0 Å². The fraction of sp³-hybridized carbons (Fsp3) is 0.308. The highest BCUT2D eigenvalue weighted by Gasteiger charge is 2.20. The number of halogens is 1. The third-order valence-corrected chi connectivity index (χ3v) is 4.57. The van der Waals surface area contributed by atoms with E-state index in [4.69, 9.17) is 5.73 Å². The van der Waals surface area contributed by atoms with Crippen LogP contribution < -0.4 is 11.1 Å². The molecule has 96 valence electrons. The number of nitrogens with one attached hydrogen (secondary N) is 1. The summed E-state index contributed by atoms with van der Waals surface area (Å²) >= 11 is 5.21. The third kappa shape index (κ3) is 2.74. The Balaban J connectivity index is 2.47. The van der Waals surface area contributed by atoms with Crippen molar-refractivity contribution in [3.63, 3.8) is 0 Å². The maximum Gasteiger partial charge on any atom is 0.128 e. The van der Waals surface area contributed by atoms with Crippen LogP contribution in [0.2, 0.25) is 0 Å². The molecule has 0 saturated carbocycles. The summed E-state index contributed by atoms with van der Waals surface area (Å²) in [4.78, 5) is 5.45. The average Bonchev–Trinajstić information content (AvgIpc) is 2.74. The summed E-state index contributed by atoms with van der Waals surface area (Å²) in [5.41, 5.74) is 8.28. The van der Waals surface area contributed by atoms with Crippen molar-refractivity contribution in [1.82, 2.24) is 10.3 Å². The quantitative estimate of drug-likeness (QED) is 0.904. The normalized spacial score (nSPS) is 12.6. The molecule has 0 saturated heterocycles. The molecule has 0 aliphatic heterocycles. The molecule has 1 atom stereocenters. The van der Waals surface area contributed by atoms with Crippen LogP contribution in [-0.2, 0) is 0 Å². The van der Waals surface area contributed by atoms with Gasteiger partial charge in [0.15, 0.2) is 0 Å². The predicted molar refractivity (Wildman–Crippen MR) is 80.9 cm³/mol. The SMILES string of the molecule is CCNC(c1cc(Br)cs1)c1c(C)ccnc1N. The molecular weight excluding hydrogens is 310 g/mol. The first-order chi connectivity index (χ1) is 8.63. The van der Waals surface area contributed by atoms with Crippen LogP contribution >= 0.6 is 27.3 Å². The zero-order valence-corrected chi connectivity index (χ0v) is 12.8. The summed E-state index contributed by atoms with van der Waals surface area (Å²) in [6.45, 7) is 5.05. The largest absolute Gasteiger partial charge is 0.383 e. The van der Waals surface area contributed by atoms with Gasteiger partial charge in [0.05, 0.1) is 6.04 Å². The number of pyridine rings is 1. The van der Waals surface area contributed by atoms with Crippen molar-refractivity contribution in [3.8, 4) is 0 Å². The topological polar surface area (TPSA) is 50.9 Å². The van der Waals surface area contributed by atoms with Gasteiger partial charge in [-0.15, -0.1) is 11.3 Å². The van der Waals surface area contributed by atoms with Crippen molar-refractivity contribution in [2.24, 2.45) is 0 Å². The first kappa shape index (κ1) is 13.5. The Morgan fingerprint density at radius 2 is 2.33 bits per heavy atom. The highest BCUT2D eigenvalue weighted by Crippen LogP contribution is 2.33. The lowest BCUT2D eigenvalue weighted by Crippen LogP contribution is -2.23. The minimum Gasteiger partial charge on any atom is -0.383 e. The second kappa shape index (κ2) is 5.82. The van der Waals surface area contributed by atoms with E-state index in [-0.39, 0.29) is 6.04 Å². The van der Waals surface area contributed by atoms with E-state index in [9.17, 15) is 0 Å². The van der Waals surface area contributed by atoms with Crippen molar-refractivity contribution < 1.29 is 0 Å². The predicted octanol–water partition coefficient (Wildman–Crippen LogP) is 3.50. The van der Waals surface area contributed by atoms with Gasteiger partial charge in [-0.05, 0) is 47.1 Å². The fourth-order valence-electron chi connectivity index (χ4n) is 1.99. The van der Waals surface area contributed by atoms with E-state index in [2.05, 4.69) is 51.5 Å². The minimum atomic E-state index is 0.111. The Labute approximate surface area is 120 Å². The van der Waals surface area contributed by atoms with Crippen molar-refractivity contribution in [1.29, 1.82) is 0 Å². The number of nitrogen functional groups attached to an aromatic ring is 1. The average molecular weight is 326 g/mol. The van der Waals surface area contributed by atoms with Crippen molar-refractivity contribution >= 4 is 33.1 Å². The first-order valence-corrected chi connectivity index (χ1v) is 7.49. The lowest BCUT2D eigenvalue weighted by Gasteiger charge is -2.20. The number of nitrogens with two attached hydrogens (primary N) is 1. The number of rotatable bonds is 4. The Hall–Kier alpha value is -0.910. The molecule has 0 spiro atoms. The maximum absolute atomic E-state index is 6.04. The second-order valence-corrected chi connectivity index (χ2v) is 5.94. The number of nitrogens with zero attached hydrogens (tertiary/aromatic N) is 1.